The summed E-state index contributed by atoms with van der Waals surface area (Å²) in [5.41, 5.74) is -0.965. The first-order valence-electron chi connectivity index (χ1n) is 5.41. The second kappa shape index (κ2) is 5.11. The van der Waals surface area contributed by atoms with Gasteiger partial charge in [0.05, 0.1) is 5.56 Å². The van der Waals surface area contributed by atoms with Gasteiger partial charge in [-0.25, -0.2) is 4.79 Å². The predicted octanol–water partition coefficient (Wildman–Crippen LogP) is 1.41. The van der Waals surface area contributed by atoms with Gasteiger partial charge in [-0.15, -0.1) is 0 Å². The third-order valence-electron chi connectivity index (χ3n) is 2.94. The Morgan fingerprint density at radius 2 is 2.06 bits per heavy atom. The van der Waals surface area contributed by atoms with Crippen LogP contribution in [0.1, 0.15) is 23.2 Å². The summed E-state index contributed by atoms with van der Waals surface area (Å²) in [6.45, 7) is 0.642. The van der Waals surface area contributed by atoms with Gasteiger partial charge in [-0.3, -0.25) is 4.79 Å². The number of carbonyl (C=O) groups excluding carboxylic acids is 1. The van der Waals surface area contributed by atoms with E-state index in [9.17, 15) is 14.7 Å². The van der Waals surface area contributed by atoms with E-state index in [1.165, 1.54) is 12.3 Å². The minimum absolute atomic E-state index is 0.257. The molecule has 2 heterocycles. The van der Waals surface area contributed by atoms with Crippen LogP contribution in [-0.4, -0.2) is 35.7 Å². The zero-order valence-electron chi connectivity index (χ0n) is 9.44. The van der Waals surface area contributed by atoms with E-state index in [1.54, 1.807) is 0 Å². The number of aliphatic carboxylic acids is 1. The maximum absolute atomic E-state index is 11.9. The van der Waals surface area contributed by atoms with E-state index in [0.29, 0.717) is 17.9 Å². The molecule has 1 aliphatic heterocycles. The molecule has 98 valence electrons. The second-order valence-electron chi connectivity index (χ2n) is 4.09. The normalized spacial score (nSPS) is 18.3. The van der Waals surface area contributed by atoms with Crippen molar-refractivity contribution in [1.82, 2.24) is 5.32 Å². The average molecular weight is 318 g/mol. The highest BCUT2D eigenvalue weighted by atomic mass is 79.9. The predicted molar refractivity (Wildman–Crippen MR) is 64.3 cm³/mol. The smallest absolute Gasteiger partial charge is 0.329 e. The maximum Gasteiger partial charge on any atom is 0.329 e. The Kier molecular flexibility index (Phi) is 3.72. The fourth-order valence-corrected chi connectivity index (χ4v) is 2.17. The van der Waals surface area contributed by atoms with Gasteiger partial charge in [0.2, 0.25) is 0 Å². The van der Waals surface area contributed by atoms with Crippen LogP contribution < -0.4 is 5.32 Å². The monoisotopic (exact) mass is 317 g/mol. The molecule has 1 saturated heterocycles. The number of hydrogen-bond donors (Lipinski definition) is 2. The molecular weight excluding hydrogens is 306 g/mol. The van der Waals surface area contributed by atoms with Gasteiger partial charge >= 0.3 is 5.97 Å². The molecule has 0 aliphatic carbocycles. The van der Waals surface area contributed by atoms with Crippen LogP contribution in [0.4, 0.5) is 0 Å². The van der Waals surface area contributed by atoms with Crippen LogP contribution in [0, 0.1) is 0 Å². The lowest BCUT2D eigenvalue weighted by atomic mass is 9.90. The van der Waals surface area contributed by atoms with Crippen LogP contribution in [0.15, 0.2) is 21.4 Å². The van der Waals surface area contributed by atoms with Crippen LogP contribution >= 0.6 is 15.9 Å². The number of furan rings is 1. The molecule has 0 atom stereocenters. The molecule has 1 amide bonds. The molecule has 2 N–H and O–H groups in total. The molecule has 0 spiro atoms. The lowest BCUT2D eigenvalue weighted by molar-refractivity contribution is -0.148. The van der Waals surface area contributed by atoms with Gasteiger partial charge in [0.15, 0.2) is 4.67 Å². The van der Waals surface area contributed by atoms with Crippen molar-refractivity contribution in [2.75, 3.05) is 13.2 Å². The Balaban J connectivity index is 2.14. The van der Waals surface area contributed by atoms with E-state index < -0.39 is 17.4 Å². The summed E-state index contributed by atoms with van der Waals surface area (Å²) in [4.78, 5) is 23.3. The maximum atomic E-state index is 11.9. The molecule has 6 nitrogen and oxygen atoms in total. The van der Waals surface area contributed by atoms with Gasteiger partial charge in [0, 0.05) is 32.1 Å². The van der Waals surface area contributed by atoms with E-state index in [4.69, 9.17) is 9.15 Å². The summed E-state index contributed by atoms with van der Waals surface area (Å²) >= 11 is 3.09. The highest BCUT2D eigenvalue weighted by Gasteiger charge is 2.41. The SMILES string of the molecule is O=C(NC1(C(=O)O)CCOCC1)c1coc(Br)c1. The van der Waals surface area contributed by atoms with Gasteiger partial charge in [-0.05, 0) is 15.9 Å². The van der Waals surface area contributed by atoms with Crippen molar-refractivity contribution >= 4 is 27.8 Å². The molecule has 18 heavy (non-hydrogen) atoms. The topological polar surface area (TPSA) is 88.8 Å². The number of ether oxygens (including phenoxy) is 1. The van der Waals surface area contributed by atoms with Crippen LogP contribution in [0.2, 0.25) is 0 Å². The summed E-state index contributed by atoms with van der Waals surface area (Å²) in [5.74, 6) is -1.50. The van der Waals surface area contributed by atoms with Crippen molar-refractivity contribution < 1.29 is 23.8 Å². The van der Waals surface area contributed by atoms with Gasteiger partial charge in [-0.1, -0.05) is 0 Å². The average Bonchev–Trinajstić information content (AvgIpc) is 2.77. The fraction of sp³-hybridized carbons (Fsp3) is 0.455. The van der Waals surface area contributed by atoms with Crippen molar-refractivity contribution in [2.24, 2.45) is 0 Å². The first-order chi connectivity index (χ1) is 8.53. The van der Waals surface area contributed by atoms with E-state index in [1.807, 2.05) is 0 Å². The molecule has 1 fully saturated rings. The zero-order chi connectivity index (χ0) is 13.2. The van der Waals surface area contributed by atoms with E-state index in [0.717, 1.165) is 0 Å². The molecule has 1 aromatic rings. The standard InChI is InChI=1S/C11H12BrNO5/c12-8-5-7(6-18-8)9(14)13-11(10(15)16)1-3-17-4-2-11/h5-6H,1-4H2,(H,13,14)(H,15,16). The molecular formula is C11H12BrNO5. The number of carboxylic acids is 1. The molecule has 7 heteroatoms. The number of nitrogens with one attached hydrogen (secondary N) is 1. The van der Waals surface area contributed by atoms with Gasteiger partial charge in [0.1, 0.15) is 11.8 Å². The molecule has 0 radical (unpaired) electrons. The van der Waals surface area contributed by atoms with E-state index in [2.05, 4.69) is 21.2 Å². The summed E-state index contributed by atoms with van der Waals surface area (Å²) in [7, 11) is 0. The molecule has 0 bridgehead atoms. The summed E-state index contributed by atoms with van der Waals surface area (Å²) < 4.78 is 10.5. The van der Waals surface area contributed by atoms with Crippen molar-refractivity contribution in [3.05, 3.63) is 22.6 Å². The van der Waals surface area contributed by atoms with Crippen LogP contribution in [-0.2, 0) is 9.53 Å². The van der Waals surface area contributed by atoms with Crippen molar-refractivity contribution in [3.8, 4) is 0 Å². The number of hydrogen-bond acceptors (Lipinski definition) is 4. The molecule has 0 unspecified atom stereocenters. The summed E-state index contributed by atoms with van der Waals surface area (Å²) in [6.07, 6.45) is 1.79. The number of halogens is 1. The Bertz CT molecular complexity index is 464. The molecule has 1 aliphatic rings. The van der Waals surface area contributed by atoms with E-state index in [-0.39, 0.29) is 18.4 Å². The number of carboxylic acid groups (broad SMARTS) is 1. The first-order valence-corrected chi connectivity index (χ1v) is 6.20. The first kappa shape index (κ1) is 13.1. The van der Waals surface area contributed by atoms with E-state index >= 15 is 0 Å². The molecule has 0 saturated carbocycles. The lowest BCUT2D eigenvalue weighted by Gasteiger charge is -2.33. The fourth-order valence-electron chi connectivity index (χ4n) is 1.83. The highest BCUT2D eigenvalue weighted by Crippen LogP contribution is 2.22. The third kappa shape index (κ3) is 2.56. The molecule has 1 aromatic heterocycles. The minimum atomic E-state index is -1.25. The van der Waals surface area contributed by atoms with Crippen LogP contribution in [0.25, 0.3) is 0 Å². The van der Waals surface area contributed by atoms with Gasteiger partial charge < -0.3 is 19.6 Å². The quantitative estimate of drug-likeness (QED) is 0.879. The summed E-state index contributed by atoms with van der Waals surface area (Å²) in [6, 6.07) is 1.49. The van der Waals surface area contributed by atoms with Crippen molar-refractivity contribution in [3.63, 3.8) is 0 Å². The molecule has 0 aromatic carbocycles. The second-order valence-corrected chi connectivity index (χ2v) is 4.87. The Morgan fingerprint density at radius 1 is 1.39 bits per heavy atom. The Morgan fingerprint density at radius 3 is 2.56 bits per heavy atom. The van der Waals surface area contributed by atoms with Crippen molar-refractivity contribution in [2.45, 2.75) is 18.4 Å². The Labute approximate surface area is 111 Å². The van der Waals surface area contributed by atoms with Gasteiger partial charge in [-0.2, -0.15) is 0 Å². The number of carbonyl (C=O) groups is 2. The van der Waals surface area contributed by atoms with Crippen molar-refractivity contribution in [1.29, 1.82) is 0 Å². The minimum Gasteiger partial charge on any atom is -0.480 e. The number of rotatable bonds is 3. The molecule has 2 rings (SSSR count). The zero-order valence-corrected chi connectivity index (χ0v) is 11.0. The van der Waals surface area contributed by atoms with Crippen LogP contribution in [0.5, 0.6) is 0 Å². The highest BCUT2D eigenvalue weighted by molar-refractivity contribution is 9.10. The van der Waals surface area contributed by atoms with Gasteiger partial charge in [0.25, 0.3) is 5.91 Å². The third-order valence-corrected chi connectivity index (χ3v) is 3.35. The summed E-state index contributed by atoms with van der Waals surface area (Å²) in [5, 5.41) is 11.8. The number of amides is 1. The largest absolute Gasteiger partial charge is 0.480 e. The lowest BCUT2D eigenvalue weighted by Crippen LogP contribution is -2.57. The Hall–Kier alpha value is -1.34. The van der Waals surface area contributed by atoms with Crippen LogP contribution in [0.3, 0.4) is 0 Å².